The molecule has 0 aromatic carbocycles. The number of nitro groups is 1. The Morgan fingerprint density at radius 3 is 2.80 bits per heavy atom. The Hall–Kier alpha value is -2.75. The fourth-order valence-electron chi connectivity index (χ4n) is 1.25. The molecule has 0 saturated carbocycles. The number of amides is 2. The van der Waals surface area contributed by atoms with Crippen molar-refractivity contribution in [1.82, 2.24) is 10.3 Å². The van der Waals surface area contributed by atoms with Gasteiger partial charge in [0.25, 0.3) is 11.6 Å². The van der Waals surface area contributed by atoms with Gasteiger partial charge in [-0.3, -0.25) is 19.7 Å². The second kappa shape index (κ2) is 6.99. The van der Waals surface area contributed by atoms with E-state index in [9.17, 15) is 19.7 Å². The molecule has 0 radical (unpaired) electrons. The normalized spacial score (nSPS) is 10.0. The predicted octanol–water partition coefficient (Wildman–Crippen LogP) is -1.20. The highest BCUT2D eigenvalue weighted by Crippen LogP contribution is 2.16. The van der Waals surface area contributed by atoms with Crippen LogP contribution >= 0.6 is 0 Å². The number of anilines is 1. The van der Waals surface area contributed by atoms with E-state index in [2.05, 4.69) is 10.3 Å². The zero-order chi connectivity index (χ0) is 15.1. The van der Waals surface area contributed by atoms with E-state index in [1.54, 1.807) is 0 Å². The van der Waals surface area contributed by atoms with Crippen LogP contribution in [0.3, 0.4) is 0 Å². The van der Waals surface area contributed by atoms with Crippen LogP contribution in [0, 0.1) is 10.1 Å². The van der Waals surface area contributed by atoms with Crippen LogP contribution in [-0.4, -0.2) is 41.5 Å². The lowest BCUT2D eigenvalue weighted by Gasteiger charge is -2.06. The summed E-state index contributed by atoms with van der Waals surface area (Å²) in [6, 6.07) is 1.03. The number of primary amides is 1. The van der Waals surface area contributed by atoms with Crippen molar-refractivity contribution in [2.45, 2.75) is 0 Å². The first-order valence-electron chi connectivity index (χ1n) is 5.46. The van der Waals surface area contributed by atoms with Crippen LogP contribution in [-0.2, 0) is 9.53 Å². The number of nitrogen functional groups attached to an aromatic ring is 1. The molecular weight excluding hydrogens is 270 g/mol. The first-order chi connectivity index (χ1) is 9.41. The van der Waals surface area contributed by atoms with Crippen LogP contribution in [0.25, 0.3) is 0 Å². The van der Waals surface area contributed by atoms with E-state index in [1.807, 2.05) is 0 Å². The Balaban J connectivity index is 2.57. The standard InChI is InChI=1S/C10H13N5O5/c11-8(16)5-20-2-1-13-10(17)7-3-6(15(18)19)4-14-9(7)12/h3-4H,1-2,5H2,(H2,11,16)(H2,12,14)(H,13,17). The highest BCUT2D eigenvalue weighted by molar-refractivity contribution is 5.98. The summed E-state index contributed by atoms with van der Waals surface area (Å²) in [5, 5.41) is 13.0. The van der Waals surface area contributed by atoms with Crippen LogP contribution < -0.4 is 16.8 Å². The van der Waals surface area contributed by atoms with Crippen LogP contribution in [0.5, 0.6) is 0 Å². The molecule has 0 aliphatic rings. The van der Waals surface area contributed by atoms with Crippen molar-refractivity contribution in [3.8, 4) is 0 Å². The fourth-order valence-corrected chi connectivity index (χ4v) is 1.25. The zero-order valence-corrected chi connectivity index (χ0v) is 10.4. The van der Waals surface area contributed by atoms with Gasteiger partial charge in [-0.05, 0) is 0 Å². The average Bonchev–Trinajstić information content (AvgIpc) is 2.37. The largest absolute Gasteiger partial charge is 0.383 e. The number of hydrogen-bond acceptors (Lipinski definition) is 7. The molecule has 20 heavy (non-hydrogen) atoms. The third-order valence-electron chi connectivity index (χ3n) is 2.14. The molecule has 0 saturated heterocycles. The van der Waals surface area contributed by atoms with Crippen molar-refractivity contribution in [3.63, 3.8) is 0 Å². The van der Waals surface area contributed by atoms with Crippen molar-refractivity contribution >= 4 is 23.3 Å². The smallest absolute Gasteiger partial charge is 0.288 e. The van der Waals surface area contributed by atoms with Crippen molar-refractivity contribution in [3.05, 3.63) is 27.9 Å². The summed E-state index contributed by atoms with van der Waals surface area (Å²) in [6.07, 6.45) is 0.960. The SMILES string of the molecule is NC(=O)COCCNC(=O)c1cc([N+](=O)[O-])cnc1N. The van der Waals surface area contributed by atoms with E-state index in [0.717, 1.165) is 12.3 Å². The molecule has 10 nitrogen and oxygen atoms in total. The first kappa shape index (κ1) is 15.3. The van der Waals surface area contributed by atoms with Gasteiger partial charge < -0.3 is 21.5 Å². The third kappa shape index (κ3) is 4.49. The lowest BCUT2D eigenvalue weighted by atomic mass is 10.2. The molecule has 0 spiro atoms. The number of nitrogens with two attached hydrogens (primary N) is 2. The molecule has 1 aromatic rings. The van der Waals surface area contributed by atoms with Crippen molar-refractivity contribution in [2.75, 3.05) is 25.5 Å². The predicted molar refractivity (Wildman–Crippen MR) is 67.7 cm³/mol. The molecule has 0 bridgehead atoms. The average molecular weight is 283 g/mol. The van der Waals surface area contributed by atoms with Gasteiger partial charge in [-0.15, -0.1) is 0 Å². The van der Waals surface area contributed by atoms with Gasteiger partial charge in [-0.25, -0.2) is 4.98 Å². The second-order valence-electron chi connectivity index (χ2n) is 3.66. The Morgan fingerprint density at radius 1 is 1.50 bits per heavy atom. The van der Waals surface area contributed by atoms with E-state index in [1.165, 1.54) is 0 Å². The molecule has 1 rings (SSSR count). The summed E-state index contributed by atoms with van der Waals surface area (Å²) in [7, 11) is 0. The molecule has 0 aliphatic heterocycles. The second-order valence-corrected chi connectivity index (χ2v) is 3.66. The van der Waals surface area contributed by atoms with Gasteiger partial charge in [0.15, 0.2) is 0 Å². The van der Waals surface area contributed by atoms with Crippen molar-refractivity contribution < 1.29 is 19.2 Å². The lowest BCUT2D eigenvalue weighted by Crippen LogP contribution is -2.29. The van der Waals surface area contributed by atoms with E-state index in [4.69, 9.17) is 16.2 Å². The van der Waals surface area contributed by atoms with Gasteiger partial charge >= 0.3 is 0 Å². The monoisotopic (exact) mass is 283 g/mol. The number of ether oxygens (including phenoxy) is 1. The highest BCUT2D eigenvalue weighted by atomic mass is 16.6. The summed E-state index contributed by atoms with van der Waals surface area (Å²) in [4.78, 5) is 35.6. The topological polar surface area (TPSA) is 163 Å². The number of hydrogen-bond donors (Lipinski definition) is 3. The number of nitrogens with zero attached hydrogens (tertiary/aromatic N) is 2. The summed E-state index contributed by atoms with van der Waals surface area (Å²) < 4.78 is 4.83. The molecule has 2 amide bonds. The zero-order valence-electron chi connectivity index (χ0n) is 10.4. The molecule has 0 fully saturated rings. The van der Waals surface area contributed by atoms with E-state index < -0.39 is 16.7 Å². The Morgan fingerprint density at radius 2 is 2.20 bits per heavy atom. The molecule has 10 heteroatoms. The van der Waals surface area contributed by atoms with Crippen LogP contribution in [0.1, 0.15) is 10.4 Å². The maximum atomic E-state index is 11.7. The highest BCUT2D eigenvalue weighted by Gasteiger charge is 2.16. The van der Waals surface area contributed by atoms with Gasteiger partial charge in [0.1, 0.15) is 18.6 Å². The summed E-state index contributed by atoms with van der Waals surface area (Å²) in [5.74, 6) is -1.36. The minimum absolute atomic E-state index is 0.0664. The molecule has 0 aliphatic carbocycles. The summed E-state index contributed by atoms with van der Waals surface area (Å²) >= 11 is 0. The molecule has 108 valence electrons. The van der Waals surface area contributed by atoms with E-state index >= 15 is 0 Å². The Kier molecular flexibility index (Phi) is 5.35. The number of aromatic nitrogens is 1. The van der Waals surface area contributed by atoms with Gasteiger partial charge in [0, 0.05) is 12.6 Å². The molecule has 5 N–H and O–H groups in total. The number of nitrogens with one attached hydrogen (secondary N) is 1. The molecular formula is C10H13N5O5. The van der Waals surface area contributed by atoms with E-state index in [-0.39, 0.29) is 36.8 Å². The quantitative estimate of drug-likeness (QED) is 0.321. The Labute approximate surface area is 113 Å². The number of carbonyl (C=O) groups excluding carboxylic acids is 2. The Bertz CT molecular complexity index is 533. The molecule has 0 unspecified atom stereocenters. The summed E-state index contributed by atoms with van der Waals surface area (Å²) in [5.41, 5.74) is 9.88. The van der Waals surface area contributed by atoms with Crippen LogP contribution in [0.4, 0.5) is 11.5 Å². The number of rotatable bonds is 7. The van der Waals surface area contributed by atoms with Gasteiger partial charge in [0.2, 0.25) is 5.91 Å². The third-order valence-corrected chi connectivity index (χ3v) is 2.14. The molecule has 1 heterocycles. The minimum Gasteiger partial charge on any atom is -0.383 e. The molecule has 1 aromatic heterocycles. The number of carbonyl (C=O) groups is 2. The van der Waals surface area contributed by atoms with Gasteiger partial charge in [0.05, 0.1) is 17.1 Å². The maximum Gasteiger partial charge on any atom is 0.288 e. The fraction of sp³-hybridized carbons (Fsp3) is 0.300. The number of pyridine rings is 1. The minimum atomic E-state index is -0.681. The van der Waals surface area contributed by atoms with Crippen molar-refractivity contribution in [1.29, 1.82) is 0 Å². The van der Waals surface area contributed by atoms with Crippen LogP contribution in [0.2, 0.25) is 0 Å². The lowest BCUT2D eigenvalue weighted by molar-refractivity contribution is -0.385. The summed E-state index contributed by atoms with van der Waals surface area (Å²) in [6.45, 7) is -0.0957. The van der Waals surface area contributed by atoms with Gasteiger partial charge in [-0.1, -0.05) is 0 Å². The van der Waals surface area contributed by atoms with Crippen molar-refractivity contribution in [2.24, 2.45) is 5.73 Å². The van der Waals surface area contributed by atoms with Crippen LogP contribution in [0.15, 0.2) is 12.3 Å². The van der Waals surface area contributed by atoms with E-state index in [0.29, 0.717) is 0 Å². The first-order valence-corrected chi connectivity index (χ1v) is 5.46. The van der Waals surface area contributed by atoms with Gasteiger partial charge in [-0.2, -0.15) is 0 Å². The maximum absolute atomic E-state index is 11.7. The molecule has 0 atom stereocenters.